The van der Waals surface area contributed by atoms with E-state index in [1.165, 1.54) is 25.7 Å². The van der Waals surface area contributed by atoms with E-state index >= 15 is 0 Å². The van der Waals surface area contributed by atoms with Crippen molar-refractivity contribution in [2.75, 3.05) is 18.5 Å². The number of anilines is 1. The quantitative estimate of drug-likeness (QED) is 0.822. The number of ether oxygens (including phenoxy) is 1. The molecule has 1 aliphatic carbocycles. The summed E-state index contributed by atoms with van der Waals surface area (Å²) in [5.74, 6) is 1.44. The molecule has 1 saturated carbocycles. The highest BCUT2D eigenvalue weighted by atomic mass is 16.5. The van der Waals surface area contributed by atoms with Crippen LogP contribution in [0.15, 0.2) is 24.3 Å². The maximum absolute atomic E-state index is 11.5. The first-order valence-electron chi connectivity index (χ1n) is 7.70. The van der Waals surface area contributed by atoms with Crippen molar-refractivity contribution in [2.24, 2.45) is 11.8 Å². The maximum atomic E-state index is 11.5. The zero-order chi connectivity index (χ0) is 14.4. The molecule has 2 rings (SSSR count). The molecule has 110 valence electrons. The molecule has 1 N–H and O–H groups in total. The van der Waals surface area contributed by atoms with E-state index in [1.807, 2.05) is 31.2 Å². The van der Waals surface area contributed by atoms with Gasteiger partial charge in [0.15, 0.2) is 0 Å². The van der Waals surface area contributed by atoms with Crippen molar-refractivity contribution in [3.05, 3.63) is 29.8 Å². The van der Waals surface area contributed by atoms with Crippen molar-refractivity contribution >= 4 is 11.7 Å². The van der Waals surface area contributed by atoms with E-state index in [2.05, 4.69) is 12.2 Å². The minimum absolute atomic E-state index is 0.250. The summed E-state index contributed by atoms with van der Waals surface area (Å²) in [6.45, 7) is 5.61. The van der Waals surface area contributed by atoms with Crippen LogP contribution in [0.3, 0.4) is 0 Å². The summed E-state index contributed by atoms with van der Waals surface area (Å²) in [6, 6.07) is 7.56. The molecule has 0 amide bonds. The first kappa shape index (κ1) is 14.9. The first-order chi connectivity index (χ1) is 9.69. The lowest BCUT2D eigenvalue weighted by Gasteiger charge is -2.26. The first-order valence-corrected chi connectivity index (χ1v) is 7.70. The van der Waals surface area contributed by atoms with Gasteiger partial charge in [0, 0.05) is 12.2 Å². The van der Waals surface area contributed by atoms with Gasteiger partial charge in [-0.1, -0.05) is 19.8 Å². The second-order valence-electron chi connectivity index (χ2n) is 5.80. The molecule has 0 atom stereocenters. The molecule has 0 bridgehead atoms. The monoisotopic (exact) mass is 275 g/mol. The van der Waals surface area contributed by atoms with Crippen LogP contribution < -0.4 is 5.32 Å². The number of carbonyl (C=O) groups excluding carboxylic acids is 1. The topological polar surface area (TPSA) is 38.3 Å². The molecular weight excluding hydrogens is 250 g/mol. The highest BCUT2D eigenvalue weighted by Gasteiger charge is 2.17. The van der Waals surface area contributed by atoms with Gasteiger partial charge in [0.1, 0.15) is 0 Å². The van der Waals surface area contributed by atoms with Crippen LogP contribution in [0.5, 0.6) is 0 Å². The third-order valence-corrected chi connectivity index (χ3v) is 4.13. The Morgan fingerprint density at radius 3 is 2.45 bits per heavy atom. The highest BCUT2D eigenvalue weighted by molar-refractivity contribution is 5.89. The third kappa shape index (κ3) is 4.26. The molecule has 0 spiro atoms. The molecule has 0 aliphatic heterocycles. The Labute approximate surface area is 121 Å². The lowest BCUT2D eigenvalue weighted by molar-refractivity contribution is 0.0526. The Kier molecular flexibility index (Phi) is 5.45. The number of hydrogen-bond acceptors (Lipinski definition) is 3. The number of carbonyl (C=O) groups is 1. The van der Waals surface area contributed by atoms with Crippen LogP contribution in [0, 0.1) is 11.8 Å². The second kappa shape index (κ2) is 7.32. The fourth-order valence-electron chi connectivity index (χ4n) is 2.73. The minimum Gasteiger partial charge on any atom is -0.462 e. The third-order valence-electron chi connectivity index (χ3n) is 4.13. The largest absolute Gasteiger partial charge is 0.462 e. The van der Waals surface area contributed by atoms with Gasteiger partial charge in [-0.15, -0.1) is 0 Å². The second-order valence-corrected chi connectivity index (χ2v) is 5.80. The lowest BCUT2D eigenvalue weighted by Crippen LogP contribution is -2.20. The molecular formula is C17H25NO2. The molecule has 1 aromatic carbocycles. The molecule has 3 heteroatoms. The number of esters is 1. The average molecular weight is 275 g/mol. The molecule has 3 nitrogen and oxygen atoms in total. The normalized spacial score (nSPS) is 22.3. The molecule has 0 unspecified atom stereocenters. The smallest absolute Gasteiger partial charge is 0.338 e. The Morgan fingerprint density at radius 1 is 1.20 bits per heavy atom. The zero-order valence-corrected chi connectivity index (χ0v) is 12.5. The summed E-state index contributed by atoms with van der Waals surface area (Å²) in [4.78, 5) is 11.5. The number of rotatable bonds is 5. The zero-order valence-electron chi connectivity index (χ0n) is 12.5. The Morgan fingerprint density at radius 2 is 1.85 bits per heavy atom. The summed E-state index contributed by atoms with van der Waals surface area (Å²) >= 11 is 0. The van der Waals surface area contributed by atoms with E-state index in [0.717, 1.165) is 24.1 Å². The molecule has 1 fully saturated rings. The van der Waals surface area contributed by atoms with Gasteiger partial charge in [-0.2, -0.15) is 0 Å². The van der Waals surface area contributed by atoms with Crippen molar-refractivity contribution in [2.45, 2.75) is 39.5 Å². The van der Waals surface area contributed by atoms with Crippen molar-refractivity contribution < 1.29 is 9.53 Å². The van der Waals surface area contributed by atoms with Gasteiger partial charge >= 0.3 is 5.97 Å². The fourth-order valence-corrected chi connectivity index (χ4v) is 2.73. The van der Waals surface area contributed by atoms with Crippen LogP contribution in [-0.2, 0) is 4.74 Å². The van der Waals surface area contributed by atoms with Gasteiger partial charge in [0.2, 0.25) is 0 Å². The Balaban J connectivity index is 1.80. The van der Waals surface area contributed by atoms with Gasteiger partial charge in [-0.05, 0) is 55.9 Å². The molecule has 0 saturated heterocycles. The summed E-state index contributed by atoms with van der Waals surface area (Å²) < 4.78 is 4.97. The van der Waals surface area contributed by atoms with Crippen molar-refractivity contribution in [1.82, 2.24) is 0 Å². The standard InChI is InChI=1S/C17H25NO2/c1-3-20-17(19)15-8-10-16(11-9-15)18-12-14-6-4-13(2)5-7-14/h8-11,13-14,18H,3-7,12H2,1-2H3. The van der Waals surface area contributed by atoms with Crippen LogP contribution in [0.25, 0.3) is 0 Å². The molecule has 1 aromatic rings. The predicted molar refractivity (Wildman–Crippen MR) is 82.0 cm³/mol. The fraction of sp³-hybridized carbons (Fsp3) is 0.588. The SMILES string of the molecule is CCOC(=O)c1ccc(NCC2CCC(C)CC2)cc1. The number of benzene rings is 1. The van der Waals surface area contributed by atoms with Crippen LogP contribution >= 0.6 is 0 Å². The predicted octanol–water partition coefficient (Wildman–Crippen LogP) is 4.10. The average Bonchev–Trinajstić information content (AvgIpc) is 2.47. The maximum Gasteiger partial charge on any atom is 0.338 e. The van der Waals surface area contributed by atoms with Gasteiger partial charge in [-0.3, -0.25) is 0 Å². The van der Waals surface area contributed by atoms with E-state index < -0.39 is 0 Å². The van der Waals surface area contributed by atoms with Crippen molar-refractivity contribution in [3.63, 3.8) is 0 Å². The van der Waals surface area contributed by atoms with Gasteiger partial charge in [-0.25, -0.2) is 4.79 Å². The molecule has 20 heavy (non-hydrogen) atoms. The summed E-state index contributed by atoms with van der Waals surface area (Å²) in [7, 11) is 0. The highest BCUT2D eigenvalue weighted by Crippen LogP contribution is 2.28. The molecule has 0 radical (unpaired) electrons. The minimum atomic E-state index is -0.250. The summed E-state index contributed by atoms with van der Waals surface area (Å²) in [5, 5.41) is 3.48. The van der Waals surface area contributed by atoms with E-state index in [4.69, 9.17) is 4.74 Å². The number of nitrogens with one attached hydrogen (secondary N) is 1. The van der Waals surface area contributed by atoms with E-state index in [9.17, 15) is 4.79 Å². The van der Waals surface area contributed by atoms with Crippen LogP contribution in [0.1, 0.15) is 49.9 Å². The molecule has 1 aliphatic rings. The number of hydrogen-bond donors (Lipinski definition) is 1. The van der Waals surface area contributed by atoms with E-state index in [-0.39, 0.29) is 5.97 Å². The van der Waals surface area contributed by atoms with Crippen LogP contribution in [0.2, 0.25) is 0 Å². The lowest BCUT2D eigenvalue weighted by atomic mass is 9.83. The van der Waals surface area contributed by atoms with Crippen molar-refractivity contribution in [1.29, 1.82) is 0 Å². The van der Waals surface area contributed by atoms with Crippen LogP contribution in [0.4, 0.5) is 5.69 Å². The summed E-state index contributed by atoms with van der Waals surface area (Å²) in [5.41, 5.74) is 1.69. The van der Waals surface area contributed by atoms with Gasteiger partial charge in [0.25, 0.3) is 0 Å². The van der Waals surface area contributed by atoms with Gasteiger partial charge in [0.05, 0.1) is 12.2 Å². The van der Waals surface area contributed by atoms with E-state index in [1.54, 1.807) is 0 Å². The Hall–Kier alpha value is -1.51. The van der Waals surface area contributed by atoms with Crippen molar-refractivity contribution in [3.8, 4) is 0 Å². The van der Waals surface area contributed by atoms with Gasteiger partial charge < -0.3 is 10.1 Å². The molecule has 0 aromatic heterocycles. The summed E-state index contributed by atoms with van der Waals surface area (Å²) in [6.07, 6.45) is 5.37. The molecule has 0 heterocycles. The van der Waals surface area contributed by atoms with Crippen LogP contribution in [-0.4, -0.2) is 19.1 Å². The Bertz CT molecular complexity index is 419. The van der Waals surface area contributed by atoms with E-state index in [0.29, 0.717) is 12.2 Å².